The first kappa shape index (κ1) is 7.53. The average molecular weight is 157 g/mol. The van der Waals surface area contributed by atoms with Crippen LogP contribution in [0, 0.1) is 0 Å². The minimum absolute atomic E-state index is 1.97. The fourth-order valence-electron chi connectivity index (χ4n) is 0.0801. The third-order valence-corrected chi connectivity index (χ3v) is 1.43. The van der Waals surface area contributed by atoms with Crippen LogP contribution in [0.1, 0.15) is 0 Å². The van der Waals surface area contributed by atoms with Gasteiger partial charge in [-0.25, -0.2) is 0 Å². The highest BCUT2D eigenvalue weighted by molar-refractivity contribution is 7.91. The van der Waals surface area contributed by atoms with Crippen LogP contribution in [0.3, 0.4) is 0 Å². The van der Waals surface area contributed by atoms with Gasteiger partial charge in [0.05, 0.1) is 0 Å². The van der Waals surface area contributed by atoms with Crippen molar-refractivity contribution in [3.05, 3.63) is 0 Å². The Kier molecular flexibility index (Phi) is 2.07. The summed E-state index contributed by atoms with van der Waals surface area (Å²) in [5.41, 5.74) is 0. The molecule has 0 heterocycles. The van der Waals surface area contributed by atoms with Crippen molar-refractivity contribution in [2.24, 2.45) is 3.77 Å². The molecular formula is HN2O4S2. The van der Waals surface area contributed by atoms with Crippen molar-refractivity contribution in [1.82, 2.24) is 5.14 Å². The van der Waals surface area contributed by atoms with Gasteiger partial charge in [0.2, 0.25) is 0 Å². The molecule has 1 N–H and O–H groups in total. The van der Waals surface area contributed by atoms with Crippen molar-refractivity contribution < 1.29 is 16.8 Å². The Balaban J connectivity index is 4.93. The standard InChI is InChI=1S/HN2O4S2/c1-8(5,6)2-7(3)4/h1H. The van der Waals surface area contributed by atoms with Gasteiger partial charge < -0.3 is 0 Å². The first-order chi connectivity index (χ1) is 3.42. The van der Waals surface area contributed by atoms with Crippen LogP contribution in [-0.2, 0) is 20.7 Å². The molecule has 0 aliphatic rings. The zero-order chi connectivity index (χ0) is 6.78. The van der Waals surface area contributed by atoms with Gasteiger partial charge in [-0.1, -0.05) is 0 Å². The van der Waals surface area contributed by atoms with Gasteiger partial charge in [0.1, 0.15) is 0 Å². The molecular weight excluding hydrogens is 156 g/mol. The SMILES string of the molecule is [NH]S(=O)(=O)N=S(=O)=O. The second kappa shape index (κ2) is 2.20. The van der Waals surface area contributed by atoms with Crippen molar-refractivity contribution in [2.75, 3.05) is 0 Å². The van der Waals surface area contributed by atoms with Gasteiger partial charge in [-0.3, -0.25) is 0 Å². The second-order valence-corrected chi connectivity index (χ2v) is 2.75. The molecule has 6 nitrogen and oxygen atoms in total. The van der Waals surface area contributed by atoms with Crippen molar-refractivity contribution in [2.45, 2.75) is 0 Å². The summed E-state index contributed by atoms with van der Waals surface area (Å²) in [7, 11) is -7.50. The molecule has 0 rings (SSSR count). The van der Waals surface area contributed by atoms with Crippen molar-refractivity contribution in [1.29, 1.82) is 0 Å². The molecule has 0 fully saturated rings. The normalized spacial score (nSPS) is 10.6. The Bertz CT molecular complexity index is 270. The number of nitrogens with zero attached hydrogens (tertiary/aromatic N) is 1. The van der Waals surface area contributed by atoms with E-state index in [0.717, 1.165) is 0 Å². The molecule has 0 amide bonds. The van der Waals surface area contributed by atoms with Crippen molar-refractivity contribution in [3.8, 4) is 0 Å². The molecule has 8 heavy (non-hydrogen) atoms. The molecule has 0 bridgehead atoms. The predicted molar refractivity (Wildman–Crippen MR) is 23.4 cm³/mol. The highest BCUT2D eigenvalue weighted by Crippen LogP contribution is 1.76. The van der Waals surface area contributed by atoms with E-state index in [1.54, 1.807) is 0 Å². The average Bonchev–Trinajstić information content (AvgIpc) is 1.21. The molecule has 0 aliphatic carbocycles. The minimum Gasteiger partial charge on any atom is -0.185 e. The van der Waals surface area contributed by atoms with Crippen LogP contribution in [0.15, 0.2) is 3.77 Å². The Morgan fingerprint density at radius 1 is 1.38 bits per heavy atom. The van der Waals surface area contributed by atoms with Gasteiger partial charge in [0, 0.05) is 0 Å². The number of hydrogen-bond donors (Lipinski definition) is 0. The summed E-state index contributed by atoms with van der Waals surface area (Å²) >= 11 is 0. The molecule has 0 aromatic carbocycles. The highest BCUT2D eigenvalue weighted by Gasteiger charge is 1.95. The fraction of sp³-hybridized carbons (Fsp3) is 0. The van der Waals surface area contributed by atoms with E-state index in [4.69, 9.17) is 5.14 Å². The van der Waals surface area contributed by atoms with Gasteiger partial charge in [-0.15, -0.1) is 5.14 Å². The van der Waals surface area contributed by atoms with Gasteiger partial charge in [-0.2, -0.15) is 16.8 Å². The zero-order valence-electron chi connectivity index (χ0n) is 3.40. The monoisotopic (exact) mass is 157 g/mol. The summed E-state index contributed by atoms with van der Waals surface area (Å²) < 4.78 is 39.8. The van der Waals surface area contributed by atoms with Gasteiger partial charge in [0.25, 0.3) is 0 Å². The Hall–Kier alpha value is -0.470. The zero-order valence-corrected chi connectivity index (χ0v) is 5.03. The summed E-state index contributed by atoms with van der Waals surface area (Å²) in [6, 6.07) is 0. The Labute approximate surface area is 47.2 Å². The first-order valence-electron chi connectivity index (χ1n) is 1.24. The van der Waals surface area contributed by atoms with Crippen LogP contribution in [0.2, 0.25) is 0 Å². The number of nitrogens with one attached hydrogen (secondary N) is 1. The third kappa shape index (κ3) is 5.53. The molecule has 0 saturated heterocycles. The molecule has 47 valence electrons. The molecule has 0 aliphatic heterocycles. The van der Waals surface area contributed by atoms with E-state index in [0.29, 0.717) is 0 Å². The smallest absolute Gasteiger partial charge is 0.185 e. The first-order valence-corrected chi connectivity index (χ1v) is 3.71. The second-order valence-electron chi connectivity index (χ2n) is 0.767. The molecule has 0 atom stereocenters. The lowest BCUT2D eigenvalue weighted by atomic mass is 13.9. The largest absolute Gasteiger partial charge is 0.347 e. The Morgan fingerprint density at radius 2 is 1.75 bits per heavy atom. The quantitative estimate of drug-likeness (QED) is 0.465. The third-order valence-electron chi connectivity index (χ3n) is 0.159. The van der Waals surface area contributed by atoms with Gasteiger partial charge in [0.15, 0.2) is 0 Å². The summed E-state index contributed by atoms with van der Waals surface area (Å²) in [6.07, 6.45) is 0. The van der Waals surface area contributed by atoms with E-state index in [1.807, 2.05) is 3.77 Å². The molecule has 1 radical (unpaired) electrons. The number of hydrogen-bond acceptors (Lipinski definition) is 4. The van der Waals surface area contributed by atoms with Gasteiger partial charge in [-0.05, 0) is 3.77 Å². The van der Waals surface area contributed by atoms with Crippen LogP contribution in [-0.4, -0.2) is 16.8 Å². The lowest BCUT2D eigenvalue weighted by Gasteiger charge is -1.70. The van der Waals surface area contributed by atoms with E-state index in [1.165, 1.54) is 0 Å². The fourth-order valence-corrected chi connectivity index (χ4v) is 0.721. The molecule has 0 unspecified atom stereocenters. The summed E-state index contributed by atoms with van der Waals surface area (Å²) in [6.45, 7) is 0. The van der Waals surface area contributed by atoms with Crippen LogP contribution < -0.4 is 5.14 Å². The summed E-state index contributed by atoms with van der Waals surface area (Å²) in [5, 5.41) is 5.87. The summed E-state index contributed by atoms with van der Waals surface area (Å²) in [5.74, 6) is 0. The highest BCUT2D eigenvalue weighted by atomic mass is 32.3. The van der Waals surface area contributed by atoms with E-state index in [2.05, 4.69) is 0 Å². The lowest BCUT2D eigenvalue weighted by molar-refractivity contribution is 0.596. The van der Waals surface area contributed by atoms with Crippen LogP contribution >= 0.6 is 0 Å². The maximum absolute atomic E-state index is 9.55. The van der Waals surface area contributed by atoms with Gasteiger partial charge >= 0.3 is 20.7 Å². The molecule has 0 aromatic heterocycles. The van der Waals surface area contributed by atoms with E-state index >= 15 is 0 Å². The maximum atomic E-state index is 9.55. The van der Waals surface area contributed by atoms with E-state index in [9.17, 15) is 16.8 Å². The molecule has 0 saturated carbocycles. The molecule has 0 aromatic rings. The van der Waals surface area contributed by atoms with E-state index in [-0.39, 0.29) is 0 Å². The van der Waals surface area contributed by atoms with Crippen molar-refractivity contribution in [3.63, 3.8) is 0 Å². The topological polar surface area (TPSA) is 104 Å². The van der Waals surface area contributed by atoms with E-state index < -0.39 is 20.7 Å². The lowest BCUT2D eigenvalue weighted by Crippen LogP contribution is -1.91. The van der Waals surface area contributed by atoms with Crippen LogP contribution in [0.25, 0.3) is 0 Å². The minimum atomic E-state index is -4.46. The number of rotatable bonds is 1. The summed E-state index contributed by atoms with van der Waals surface area (Å²) in [4.78, 5) is 0. The van der Waals surface area contributed by atoms with Crippen LogP contribution in [0.5, 0.6) is 0 Å². The van der Waals surface area contributed by atoms with Crippen molar-refractivity contribution >= 4 is 20.7 Å². The predicted octanol–water partition coefficient (Wildman–Crippen LogP) is -1.42. The maximum Gasteiger partial charge on any atom is 0.347 e. The molecule has 8 heteroatoms. The molecule has 0 spiro atoms. The van der Waals surface area contributed by atoms with Crippen LogP contribution in [0.4, 0.5) is 0 Å². The Morgan fingerprint density at radius 3 is 1.75 bits per heavy atom.